The van der Waals surface area contributed by atoms with E-state index in [1.165, 1.54) is 0 Å². The van der Waals surface area contributed by atoms with Gasteiger partial charge in [0.1, 0.15) is 0 Å². The third-order valence-corrected chi connectivity index (χ3v) is 3.46. The van der Waals surface area contributed by atoms with Crippen LogP contribution in [0.2, 0.25) is 0 Å². The standard InChI is InChI=1S/C11H22N2O2/c1-8-5-13-9(4-12)11(8)14-6-10(2,3)7-15-11/h8-9,13H,4-7,12H2,1-3H3. The molecule has 0 amide bonds. The van der Waals surface area contributed by atoms with Crippen molar-refractivity contribution in [3.05, 3.63) is 0 Å². The lowest BCUT2D eigenvalue weighted by Crippen LogP contribution is -2.58. The molecule has 0 aromatic heterocycles. The van der Waals surface area contributed by atoms with Crippen LogP contribution in [0.5, 0.6) is 0 Å². The molecule has 4 heteroatoms. The van der Waals surface area contributed by atoms with Crippen LogP contribution in [0.15, 0.2) is 0 Å². The molecule has 1 spiro atoms. The van der Waals surface area contributed by atoms with Crippen LogP contribution < -0.4 is 11.1 Å². The van der Waals surface area contributed by atoms with Crippen LogP contribution in [0.25, 0.3) is 0 Å². The molecule has 0 radical (unpaired) electrons. The van der Waals surface area contributed by atoms with Crippen molar-refractivity contribution >= 4 is 0 Å². The van der Waals surface area contributed by atoms with Gasteiger partial charge in [-0.1, -0.05) is 20.8 Å². The monoisotopic (exact) mass is 214 g/mol. The van der Waals surface area contributed by atoms with Gasteiger partial charge in [-0.2, -0.15) is 0 Å². The highest BCUT2D eigenvalue weighted by atomic mass is 16.7. The molecule has 0 aromatic rings. The molecular weight excluding hydrogens is 192 g/mol. The van der Waals surface area contributed by atoms with Gasteiger partial charge in [-0.15, -0.1) is 0 Å². The maximum absolute atomic E-state index is 5.99. The van der Waals surface area contributed by atoms with Crippen LogP contribution in [0, 0.1) is 11.3 Å². The minimum absolute atomic E-state index is 0.118. The second kappa shape index (κ2) is 3.70. The Morgan fingerprint density at radius 1 is 1.33 bits per heavy atom. The van der Waals surface area contributed by atoms with Crippen molar-refractivity contribution in [2.24, 2.45) is 17.1 Å². The van der Waals surface area contributed by atoms with E-state index in [-0.39, 0.29) is 11.5 Å². The van der Waals surface area contributed by atoms with Crippen molar-refractivity contribution < 1.29 is 9.47 Å². The topological polar surface area (TPSA) is 56.5 Å². The Hall–Kier alpha value is -0.160. The Balaban J connectivity index is 2.12. The van der Waals surface area contributed by atoms with Crippen molar-refractivity contribution in [1.82, 2.24) is 5.32 Å². The Morgan fingerprint density at radius 3 is 2.47 bits per heavy atom. The number of ether oxygens (including phenoxy) is 2. The van der Waals surface area contributed by atoms with Crippen LogP contribution in [-0.4, -0.2) is 38.1 Å². The van der Waals surface area contributed by atoms with Crippen molar-refractivity contribution in [2.45, 2.75) is 32.6 Å². The van der Waals surface area contributed by atoms with Gasteiger partial charge in [-0.3, -0.25) is 0 Å². The number of nitrogens with two attached hydrogens (primary N) is 1. The third kappa shape index (κ3) is 1.80. The predicted octanol–water partition coefficient (Wildman–Crippen LogP) is 0.322. The van der Waals surface area contributed by atoms with E-state index in [0.717, 1.165) is 19.8 Å². The second-order valence-electron chi connectivity index (χ2n) is 5.56. The molecule has 2 aliphatic rings. The van der Waals surface area contributed by atoms with E-state index >= 15 is 0 Å². The molecule has 0 saturated carbocycles. The summed E-state index contributed by atoms with van der Waals surface area (Å²) in [5, 5.41) is 3.37. The van der Waals surface area contributed by atoms with Crippen LogP contribution in [-0.2, 0) is 9.47 Å². The minimum atomic E-state index is -0.482. The summed E-state index contributed by atoms with van der Waals surface area (Å²) in [6, 6.07) is 0.128. The molecule has 2 rings (SSSR count). The summed E-state index contributed by atoms with van der Waals surface area (Å²) in [6.07, 6.45) is 0. The van der Waals surface area contributed by atoms with E-state index < -0.39 is 5.79 Å². The molecule has 2 aliphatic heterocycles. The summed E-state index contributed by atoms with van der Waals surface area (Å²) in [5.74, 6) is -0.119. The fraction of sp³-hybridized carbons (Fsp3) is 1.00. The first kappa shape index (κ1) is 11.3. The van der Waals surface area contributed by atoms with E-state index in [0.29, 0.717) is 12.5 Å². The van der Waals surface area contributed by atoms with E-state index in [1.54, 1.807) is 0 Å². The summed E-state index contributed by atoms with van der Waals surface area (Å²) >= 11 is 0. The maximum Gasteiger partial charge on any atom is 0.188 e. The fourth-order valence-corrected chi connectivity index (χ4v) is 2.38. The quantitative estimate of drug-likeness (QED) is 0.660. The normalized spacial score (nSPS) is 38.4. The minimum Gasteiger partial charge on any atom is -0.347 e. The maximum atomic E-state index is 5.99. The van der Waals surface area contributed by atoms with Crippen molar-refractivity contribution in [1.29, 1.82) is 0 Å². The lowest BCUT2D eigenvalue weighted by molar-refractivity contribution is -0.316. The van der Waals surface area contributed by atoms with Gasteiger partial charge < -0.3 is 20.5 Å². The van der Waals surface area contributed by atoms with Crippen LogP contribution in [0.3, 0.4) is 0 Å². The highest BCUT2D eigenvalue weighted by Gasteiger charge is 2.53. The van der Waals surface area contributed by atoms with Crippen LogP contribution >= 0.6 is 0 Å². The average molecular weight is 214 g/mol. The number of hydrogen-bond acceptors (Lipinski definition) is 4. The first-order valence-electron chi connectivity index (χ1n) is 5.71. The Morgan fingerprint density at radius 2 is 1.93 bits per heavy atom. The van der Waals surface area contributed by atoms with Crippen LogP contribution in [0.1, 0.15) is 20.8 Å². The van der Waals surface area contributed by atoms with Gasteiger partial charge in [0, 0.05) is 24.4 Å². The number of nitrogens with one attached hydrogen (secondary N) is 1. The third-order valence-electron chi connectivity index (χ3n) is 3.46. The molecule has 2 heterocycles. The van der Waals surface area contributed by atoms with Gasteiger partial charge in [0.2, 0.25) is 0 Å². The molecule has 2 fully saturated rings. The van der Waals surface area contributed by atoms with Gasteiger partial charge in [-0.05, 0) is 0 Å². The van der Waals surface area contributed by atoms with Gasteiger partial charge in [0.05, 0.1) is 19.3 Å². The molecule has 0 bridgehead atoms. The Bertz CT molecular complexity index is 233. The smallest absolute Gasteiger partial charge is 0.188 e. The summed E-state index contributed by atoms with van der Waals surface area (Å²) in [5.41, 5.74) is 5.86. The lowest BCUT2D eigenvalue weighted by atomic mass is 9.91. The zero-order valence-electron chi connectivity index (χ0n) is 9.88. The van der Waals surface area contributed by atoms with Crippen LogP contribution in [0.4, 0.5) is 0 Å². The van der Waals surface area contributed by atoms with E-state index in [1.807, 2.05) is 0 Å². The average Bonchev–Trinajstić information content (AvgIpc) is 2.50. The molecule has 2 saturated heterocycles. The molecule has 0 aliphatic carbocycles. The number of hydrogen-bond donors (Lipinski definition) is 2. The van der Waals surface area contributed by atoms with E-state index in [4.69, 9.17) is 15.2 Å². The summed E-state index contributed by atoms with van der Waals surface area (Å²) in [7, 11) is 0. The highest BCUT2D eigenvalue weighted by molar-refractivity contribution is 5.00. The Kier molecular flexibility index (Phi) is 2.79. The summed E-state index contributed by atoms with van der Waals surface area (Å²) in [4.78, 5) is 0. The number of rotatable bonds is 1. The van der Waals surface area contributed by atoms with Crippen molar-refractivity contribution in [3.63, 3.8) is 0 Å². The molecular formula is C11H22N2O2. The Labute approximate surface area is 91.5 Å². The largest absolute Gasteiger partial charge is 0.347 e. The van der Waals surface area contributed by atoms with Gasteiger partial charge >= 0.3 is 0 Å². The SMILES string of the molecule is CC1CNC(CN)C12OCC(C)(C)CO2. The molecule has 3 N–H and O–H groups in total. The van der Waals surface area contributed by atoms with Crippen molar-refractivity contribution in [3.8, 4) is 0 Å². The molecule has 0 aromatic carbocycles. The van der Waals surface area contributed by atoms with Crippen molar-refractivity contribution in [2.75, 3.05) is 26.3 Å². The van der Waals surface area contributed by atoms with E-state index in [2.05, 4.69) is 26.1 Å². The second-order valence-corrected chi connectivity index (χ2v) is 5.56. The van der Waals surface area contributed by atoms with Gasteiger partial charge in [0.15, 0.2) is 5.79 Å². The zero-order chi connectivity index (χ0) is 11.1. The predicted molar refractivity (Wildman–Crippen MR) is 58.4 cm³/mol. The molecule has 4 nitrogen and oxygen atoms in total. The highest BCUT2D eigenvalue weighted by Crippen LogP contribution is 2.39. The first-order valence-corrected chi connectivity index (χ1v) is 5.71. The summed E-state index contributed by atoms with van der Waals surface area (Å²) < 4.78 is 12.0. The summed E-state index contributed by atoms with van der Waals surface area (Å²) in [6.45, 7) is 9.44. The van der Waals surface area contributed by atoms with E-state index in [9.17, 15) is 0 Å². The molecule has 15 heavy (non-hydrogen) atoms. The van der Waals surface area contributed by atoms with Gasteiger partial charge in [-0.25, -0.2) is 0 Å². The molecule has 2 unspecified atom stereocenters. The fourth-order valence-electron chi connectivity index (χ4n) is 2.38. The van der Waals surface area contributed by atoms with Gasteiger partial charge in [0.25, 0.3) is 0 Å². The molecule has 2 atom stereocenters. The zero-order valence-corrected chi connectivity index (χ0v) is 9.88. The molecule has 88 valence electrons. The first-order chi connectivity index (χ1) is 7.00. The lowest BCUT2D eigenvalue weighted by Gasteiger charge is -2.46.